The molecule has 0 aromatic heterocycles. The number of halogens is 1. The number of cyclic esters (lactones) is 1. The number of phenols is 1. The van der Waals surface area contributed by atoms with Crippen LogP contribution in [0.5, 0.6) is 11.5 Å². The van der Waals surface area contributed by atoms with E-state index in [-0.39, 0.29) is 37.2 Å². The van der Waals surface area contributed by atoms with E-state index >= 15 is 0 Å². The van der Waals surface area contributed by atoms with Crippen LogP contribution in [0.4, 0.5) is 0 Å². The van der Waals surface area contributed by atoms with Gasteiger partial charge in [0.15, 0.2) is 0 Å². The monoisotopic (exact) mass is 340 g/mol. The minimum atomic E-state index is -0.937. The molecule has 0 unspecified atom stereocenters. The molecule has 2 N–H and O–H groups in total. The summed E-state index contributed by atoms with van der Waals surface area (Å²) in [7, 11) is 1.48. The minimum Gasteiger partial charge on any atom is -0.507 e. The number of benzene rings is 1. The van der Waals surface area contributed by atoms with E-state index in [0.717, 1.165) is 5.56 Å². The van der Waals surface area contributed by atoms with Crippen molar-refractivity contribution in [3.05, 3.63) is 33.4 Å². The molecule has 1 aliphatic rings. The van der Waals surface area contributed by atoms with Crippen LogP contribution in [-0.2, 0) is 22.6 Å². The van der Waals surface area contributed by atoms with Crippen LogP contribution < -0.4 is 4.74 Å². The molecule has 0 saturated heterocycles. The smallest absolute Gasteiger partial charge is 0.342 e. The number of carbonyl (C=O) groups excluding carboxylic acids is 1. The summed E-state index contributed by atoms with van der Waals surface area (Å²) in [6.07, 6.45) is 1.95. The van der Waals surface area contributed by atoms with Gasteiger partial charge in [0, 0.05) is 16.2 Å². The van der Waals surface area contributed by atoms with E-state index in [0.29, 0.717) is 21.9 Å². The normalized spacial score (nSPS) is 13.7. The van der Waals surface area contributed by atoms with Crippen molar-refractivity contribution < 1.29 is 29.3 Å². The lowest BCUT2D eigenvalue weighted by Crippen LogP contribution is -2.03. The van der Waals surface area contributed by atoms with Gasteiger partial charge in [-0.15, -0.1) is 0 Å². The molecule has 7 heteroatoms. The van der Waals surface area contributed by atoms with Crippen molar-refractivity contribution in [2.24, 2.45) is 0 Å². The van der Waals surface area contributed by atoms with E-state index in [1.807, 2.05) is 0 Å². The molecular weight excluding hydrogens is 324 g/mol. The predicted octanol–water partition coefficient (Wildman–Crippen LogP) is 2.91. The van der Waals surface area contributed by atoms with Gasteiger partial charge in [0.05, 0.1) is 13.5 Å². The molecule has 0 atom stereocenters. The molecule has 1 heterocycles. The summed E-state index contributed by atoms with van der Waals surface area (Å²) in [5, 5.41) is 19.4. The molecule has 0 aliphatic carbocycles. The predicted molar refractivity (Wildman–Crippen MR) is 83.0 cm³/mol. The summed E-state index contributed by atoms with van der Waals surface area (Å²) >= 11 is 5.99. The number of esters is 1. The molecular formula is C16H17ClO6. The standard InChI is InChI=1S/C16H17ClO6/c1-8-11-7-23-16(21)13(11)14(20)10(15(8)22-2)5-3-9(17)4-6-12(18)19/h3,20H,4-7H2,1-2H3,(H,18,19)/b9-3+. The summed E-state index contributed by atoms with van der Waals surface area (Å²) < 4.78 is 10.3. The molecule has 6 nitrogen and oxygen atoms in total. The number of carboxylic acids is 1. The van der Waals surface area contributed by atoms with Crippen LogP contribution >= 0.6 is 11.6 Å². The Hall–Kier alpha value is -2.21. The number of aromatic hydroxyl groups is 1. The molecule has 1 aromatic rings. The fraction of sp³-hybridized carbons (Fsp3) is 0.375. The van der Waals surface area contributed by atoms with Gasteiger partial charge in [-0.2, -0.15) is 0 Å². The largest absolute Gasteiger partial charge is 0.507 e. The third-order valence-corrected chi connectivity index (χ3v) is 4.10. The maximum atomic E-state index is 11.8. The molecule has 0 saturated carbocycles. The van der Waals surface area contributed by atoms with Crippen molar-refractivity contribution in [1.29, 1.82) is 0 Å². The second-order valence-corrected chi connectivity index (χ2v) is 5.65. The SMILES string of the molecule is COc1c(C)c2c(c(O)c1C/C=C(/Cl)CCC(=O)O)C(=O)OC2. The van der Waals surface area contributed by atoms with Crippen LogP contribution in [0.15, 0.2) is 11.1 Å². The van der Waals surface area contributed by atoms with Gasteiger partial charge in [0.2, 0.25) is 0 Å². The summed E-state index contributed by atoms with van der Waals surface area (Å²) in [6, 6.07) is 0. The number of hydrogen-bond donors (Lipinski definition) is 2. The van der Waals surface area contributed by atoms with Crippen molar-refractivity contribution in [3.8, 4) is 11.5 Å². The fourth-order valence-electron chi connectivity index (χ4n) is 2.57. The molecule has 0 radical (unpaired) electrons. The van der Waals surface area contributed by atoms with Crippen LogP contribution in [0, 0.1) is 6.92 Å². The molecule has 0 bridgehead atoms. The first-order chi connectivity index (χ1) is 10.9. The summed E-state index contributed by atoms with van der Waals surface area (Å²) in [6.45, 7) is 1.90. The van der Waals surface area contributed by atoms with E-state index < -0.39 is 11.9 Å². The number of methoxy groups -OCH3 is 1. The third-order valence-electron chi connectivity index (χ3n) is 3.75. The van der Waals surface area contributed by atoms with E-state index in [1.54, 1.807) is 13.0 Å². The van der Waals surface area contributed by atoms with Gasteiger partial charge in [-0.25, -0.2) is 4.79 Å². The van der Waals surface area contributed by atoms with Crippen molar-refractivity contribution in [2.45, 2.75) is 32.8 Å². The van der Waals surface area contributed by atoms with Crippen LogP contribution in [-0.4, -0.2) is 29.3 Å². The number of aliphatic carboxylic acids is 1. The van der Waals surface area contributed by atoms with E-state index in [9.17, 15) is 14.7 Å². The number of carboxylic acid groups (broad SMARTS) is 1. The van der Waals surface area contributed by atoms with E-state index in [2.05, 4.69) is 0 Å². The van der Waals surface area contributed by atoms with Gasteiger partial charge in [-0.1, -0.05) is 17.7 Å². The first-order valence-electron chi connectivity index (χ1n) is 7.01. The zero-order chi connectivity index (χ0) is 17.1. The number of carbonyl (C=O) groups is 2. The van der Waals surface area contributed by atoms with Gasteiger partial charge in [-0.3, -0.25) is 4.79 Å². The maximum Gasteiger partial charge on any atom is 0.342 e. The van der Waals surface area contributed by atoms with Crippen LogP contribution in [0.25, 0.3) is 0 Å². The highest BCUT2D eigenvalue weighted by molar-refractivity contribution is 6.29. The number of fused-ring (bicyclic) bond motifs is 1. The molecule has 0 amide bonds. The fourth-order valence-corrected chi connectivity index (χ4v) is 2.74. The van der Waals surface area contributed by atoms with Crippen molar-refractivity contribution >= 4 is 23.5 Å². The minimum absolute atomic E-state index is 0.0754. The summed E-state index contributed by atoms with van der Waals surface area (Å²) in [4.78, 5) is 22.3. The van der Waals surface area contributed by atoms with Crippen LogP contribution in [0.1, 0.15) is 39.9 Å². The summed E-state index contributed by atoms with van der Waals surface area (Å²) in [5.41, 5.74) is 1.94. The Kier molecular flexibility index (Phi) is 5.15. The average Bonchev–Trinajstić information content (AvgIpc) is 2.89. The highest BCUT2D eigenvalue weighted by atomic mass is 35.5. The van der Waals surface area contributed by atoms with Crippen LogP contribution in [0.3, 0.4) is 0 Å². The van der Waals surface area contributed by atoms with Gasteiger partial charge < -0.3 is 19.7 Å². The molecule has 2 rings (SSSR count). The highest BCUT2D eigenvalue weighted by Crippen LogP contribution is 2.42. The number of ether oxygens (including phenoxy) is 2. The lowest BCUT2D eigenvalue weighted by molar-refractivity contribution is -0.136. The molecule has 124 valence electrons. The molecule has 0 fully saturated rings. The van der Waals surface area contributed by atoms with E-state index in [4.69, 9.17) is 26.2 Å². The first kappa shape index (κ1) is 17.1. The third kappa shape index (κ3) is 3.42. The number of allylic oxidation sites excluding steroid dienone is 2. The maximum absolute atomic E-state index is 11.8. The Morgan fingerprint density at radius 2 is 2.13 bits per heavy atom. The lowest BCUT2D eigenvalue weighted by atomic mass is 9.95. The van der Waals surface area contributed by atoms with Crippen molar-refractivity contribution in [1.82, 2.24) is 0 Å². The number of rotatable bonds is 6. The quantitative estimate of drug-likeness (QED) is 0.773. The zero-order valence-corrected chi connectivity index (χ0v) is 13.6. The molecule has 1 aliphatic heterocycles. The topological polar surface area (TPSA) is 93.1 Å². The lowest BCUT2D eigenvalue weighted by Gasteiger charge is -2.15. The zero-order valence-electron chi connectivity index (χ0n) is 12.8. The molecule has 0 spiro atoms. The second kappa shape index (κ2) is 6.91. The first-order valence-corrected chi connectivity index (χ1v) is 7.39. The Labute approximate surface area is 138 Å². The van der Waals surface area contributed by atoms with E-state index in [1.165, 1.54) is 7.11 Å². The van der Waals surface area contributed by atoms with Gasteiger partial charge in [0.25, 0.3) is 0 Å². The second-order valence-electron chi connectivity index (χ2n) is 5.16. The Morgan fingerprint density at radius 1 is 1.43 bits per heavy atom. The van der Waals surface area contributed by atoms with Gasteiger partial charge in [0.1, 0.15) is 23.7 Å². The Bertz CT molecular complexity index is 693. The van der Waals surface area contributed by atoms with Crippen molar-refractivity contribution in [3.63, 3.8) is 0 Å². The molecule has 1 aromatic carbocycles. The van der Waals surface area contributed by atoms with Crippen molar-refractivity contribution in [2.75, 3.05) is 7.11 Å². The number of hydrogen-bond acceptors (Lipinski definition) is 5. The molecule has 23 heavy (non-hydrogen) atoms. The highest BCUT2D eigenvalue weighted by Gasteiger charge is 2.31. The Morgan fingerprint density at radius 3 is 2.74 bits per heavy atom. The average molecular weight is 341 g/mol. The number of phenolic OH excluding ortho intramolecular Hbond substituents is 1. The van der Waals surface area contributed by atoms with Gasteiger partial charge in [-0.05, 0) is 25.3 Å². The Balaban J connectivity index is 2.37. The van der Waals surface area contributed by atoms with Gasteiger partial charge >= 0.3 is 11.9 Å². The summed E-state index contributed by atoms with van der Waals surface area (Å²) in [5.74, 6) is -1.21. The van der Waals surface area contributed by atoms with Crippen LogP contribution in [0.2, 0.25) is 0 Å².